The van der Waals surface area contributed by atoms with Gasteiger partial charge in [-0.05, 0) is 50.7 Å². The minimum atomic E-state index is -0.861. The Balaban J connectivity index is 1.79. The third-order valence-corrected chi connectivity index (χ3v) is 5.63. The summed E-state index contributed by atoms with van der Waals surface area (Å²) < 4.78 is 0. The number of benzene rings is 1. The van der Waals surface area contributed by atoms with Crippen molar-refractivity contribution in [3.05, 3.63) is 41.1 Å². The van der Waals surface area contributed by atoms with Crippen LogP contribution in [0.25, 0.3) is 10.9 Å². The van der Waals surface area contributed by atoms with Crippen molar-refractivity contribution < 1.29 is 14.7 Å². The zero-order valence-corrected chi connectivity index (χ0v) is 14.4. The van der Waals surface area contributed by atoms with Gasteiger partial charge in [-0.3, -0.25) is 14.6 Å². The number of aryl methyl sites for hydroxylation is 1. The van der Waals surface area contributed by atoms with Crippen molar-refractivity contribution in [2.45, 2.75) is 39.0 Å². The van der Waals surface area contributed by atoms with Gasteiger partial charge in [-0.25, -0.2) is 0 Å². The maximum Gasteiger partial charge on any atom is 0.311 e. The Morgan fingerprint density at radius 2 is 2.00 bits per heavy atom. The zero-order chi connectivity index (χ0) is 17.6. The number of nitrogens with zero attached hydrogens (tertiary/aromatic N) is 2. The molecule has 25 heavy (non-hydrogen) atoms. The van der Waals surface area contributed by atoms with Gasteiger partial charge in [0.15, 0.2) is 0 Å². The maximum atomic E-state index is 13.4. The molecule has 2 heterocycles. The summed E-state index contributed by atoms with van der Waals surface area (Å²) in [4.78, 5) is 31.5. The number of hydrogen-bond acceptors (Lipinski definition) is 3. The first-order chi connectivity index (χ1) is 12.0. The number of amides is 1. The van der Waals surface area contributed by atoms with Crippen molar-refractivity contribution in [1.29, 1.82) is 0 Å². The molecular weight excluding hydrogens is 316 g/mol. The van der Waals surface area contributed by atoms with E-state index >= 15 is 0 Å². The summed E-state index contributed by atoms with van der Waals surface area (Å²) in [7, 11) is 0. The predicted octanol–water partition coefficient (Wildman–Crippen LogP) is 3.05. The quantitative estimate of drug-likeness (QED) is 0.913. The molecule has 5 heteroatoms. The maximum absolute atomic E-state index is 13.4. The summed E-state index contributed by atoms with van der Waals surface area (Å²) in [6, 6.07) is 7.77. The topological polar surface area (TPSA) is 70.5 Å². The van der Waals surface area contributed by atoms with Gasteiger partial charge in [0.05, 0.1) is 16.5 Å². The summed E-state index contributed by atoms with van der Waals surface area (Å²) in [5.74, 6) is -0.862. The van der Waals surface area contributed by atoms with Gasteiger partial charge in [0.2, 0.25) is 0 Å². The van der Waals surface area contributed by atoms with E-state index in [0.29, 0.717) is 13.0 Å². The number of fused-ring (bicyclic) bond motifs is 2. The molecule has 1 atom stereocenters. The Kier molecular flexibility index (Phi) is 3.74. The van der Waals surface area contributed by atoms with Gasteiger partial charge in [-0.1, -0.05) is 18.2 Å². The summed E-state index contributed by atoms with van der Waals surface area (Å²) in [5.41, 5.74) is 2.82. The standard InChI is InChI=1S/C20H22N2O3/c1-20(19(24)25)10-5-11-22(12-20)18(23)17-13-6-2-3-8-15(13)21-16-9-4-7-14(16)17/h2-3,6,8H,4-5,7,9-12H2,1H3,(H,24,25). The number of carbonyl (C=O) groups is 2. The highest BCUT2D eigenvalue weighted by Crippen LogP contribution is 2.34. The molecule has 0 radical (unpaired) electrons. The van der Waals surface area contributed by atoms with Crippen LogP contribution in [0.1, 0.15) is 47.8 Å². The highest BCUT2D eigenvalue weighted by atomic mass is 16.4. The Bertz CT molecular complexity index is 877. The summed E-state index contributed by atoms with van der Waals surface area (Å²) in [6.07, 6.45) is 4.14. The van der Waals surface area contributed by atoms with Gasteiger partial charge >= 0.3 is 5.97 Å². The van der Waals surface area contributed by atoms with Gasteiger partial charge in [0.1, 0.15) is 0 Å². The van der Waals surface area contributed by atoms with Crippen LogP contribution < -0.4 is 0 Å². The third kappa shape index (κ3) is 2.58. The largest absolute Gasteiger partial charge is 0.481 e. The fourth-order valence-corrected chi connectivity index (χ4v) is 4.20. The second-order valence-corrected chi connectivity index (χ2v) is 7.48. The number of piperidine rings is 1. The lowest BCUT2D eigenvalue weighted by atomic mass is 9.81. The van der Waals surface area contributed by atoms with Crippen LogP contribution in [0.15, 0.2) is 24.3 Å². The molecule has 2 aliphatic rings. The van der Waals surface area contributed by atoms with E-state index in [0.717, 1.165) is 53.4 Å². The van der Waals surface area contributed by atoms with Crippen molar-refractivity contribution in [2.75, 3.05) is 13.1 Å². The predicted molar refractivity (Wildman–Crippen MR) is 94.6 cm³/mol. The highest BCUT2D eigenvalue weighted by Gasteiger charge is 2.40. The van der Waals surface area contributed by atoms with Crippen LogP contribution >= 0.6 is 0 Å². The number of carbonyl (C=O) groups excluding carboxylic acids is 1. The second kappa shape index (κ2) is 5.83. The van der Waals surface area contributed by atoms with Crippen molar-refractivity contribution in [1.82, 2.24) is 9.88 Å². The number of aromatic nitrogens is 1. The first kappa shape index (κ1) is 16.1. The van der Waals surface area contributed by atoms with E-state index in [4.69, 9.17) is 4.98 Å². The molecule has 1 amide bonds. The number of hydrogen-bond donors (Lipinski definition) is 1. The average molecular weight is 338 g/mol. The van der Waals surface area contributed by atoms with Gasteiger partial charge < -0.3 is 10.0 Å². The molecule has 1 saturated heterocycles. The number of para-hydroxylation sites is 1. The van der Waals surface area contributed by atoms with Crippen LogP contribution in [-0.2, 0) is 17.6 Å². The molecule has 1 aliphatic carbocycles. The van der Waals surface area contributed by atoms with Crippen molar-refractivity contribution in [2.24, 2.45) is 5.41 Å². The number of aliphatic carboxylic acids is 1. The molecule has 130 valence electrons. The van der Waals surface area contributed by atoms with Crippen LogP contribution in [0.4, 0.5) is 0 Å². The van der Waals surface area contributed by atoms with Crippen LogP contribution in [0, 0.1) is 5.41 Å². The Morgan fingerprint density at radius 1 is 1.20 bits per heavy atom. The second-order valence-electron chi connectivity index (χ2n) is 7.48. The molecular formula is C20H22N2O3. The molecule has 1 N–H and O–H groups in total. The van der Waals surface area contributed by atoms with Crippen molar-refractivity contribution in [3.63, 3.8) is 0 Å². The van der Waals surface area contributed by atoms with Crippen LogP contribution in [0.5, 0.6) is 0 Å². The minimum Gasteiger partial charge on any atom is -0.481 e. The minimum absolute atomic E-state index is 0.0380. The molecule has 1 aromatic carbocycles. The van der Waals surface area contributed by atoms with E-state index in [1.165, 1.54) is 0 Å². The van der Waals surface area contributed by atoms with Crippen molar-refractivity contribution in [3.8, 4) is 0 Å². The first-order valence-electron chi connectivity index (χ1n) is 8.93. The zero-order valence-electron chi connectivity index (χ0n) is 14.4. The summed E-state index contributed by atoms with van der Waals surface area (Å²) in [5, 5.41) is 10.4. The molecule has 1 unspecified atom stereocenters. The molecule has 4 rings (SSSR count). The Labute approximate surface area is 146 Å². The first-order valence-corrected chi connectivity index (χ1v) is 8.93. The average Bonchev–Trinajstić information content (AvgIpc) is 3.07. The van der Waals surface area contributed by atoms with Crippen molar-refractivity contribution >= 4 is 22.8 Å². The van der Waals surface area contributed by atoms with Gasteiger partial charge in [-0.2, -0.15) is 0 Å². The summed E-state index contributed by atoms with van der Waals surface area (Å²) in [6.45, 7) is 2.63. The van der Waals surface area contributed by atoms with E-state index < -0.39 is 11.4 Å². The number of carboxylic acid groups (broad SMARTS) is 1. The fourth-order valence-electron chi connectivity index (χ4n) is 4.20. The molecule has 5 nitrogen and oxygen atoms in total. The van der Waals surface area contributed by atoms with Crippen LogP contribution in [-0.4, -0.2) is 40.0 Å². The lowest BCUT2D eigenvalue weighted by Gasteiger charge is -2.38. The SMILES string of the molecule is CC1(C(=O)O)CCCN(C(=O)c2c3c(nc4ccccc24)CCC3)C1. The van der Waals surface area contributed by atoms with Crippen LogP contribution in [0.3, 0.4) is 0 Å². The monoisotopic (exact) mass is 338 g/mol. The molecule has 1 aromatic heterocycles. The number of pyridine rings is 1. The van der Waals surface area contributed by atoms with E-state index in [9.17, 15) is 14.7 Å². The molecule has 0 spiro atoms. The van der Waals surface area contributed by atoms with E-state index in [-0.39, 0.29) is 12.5 Å². The number of carboxylic acids is 1. The normalized spacial score (nSPS) is 22.8. The molecule has 0 bridgehead atoms. The molecule has 1 fully saturated rings. The lowest BCUT2D eigenvalue weighted by molar-refractivity contribution is -0.150. The molecule has 2 aromatic rings. The van der Waals surface area contributed by atoms with E-state index in [2.05, 4.69) is 0 Å². The third-order valence-electron chi connectivity index (χ3n) is 5.63. The Morgan fingerprint density at radius 3 is 2.80 bits per heavy atom. The number of likely N-dealkylation sites (tertiary alicyclic amines) is 1. The van der Waals surface area contributed by atoms with E-state index in [1.807, 2.05) is 24.3 Å². The summed E-state index contributed by atoms with van der Waals surface area (Å²) >= 11 is 0. The Hall–Kier alpha value is -2.43. The van der Waals surface area contributed by atoms with E-state index in [1.54, 1.807) is 11.8 Å². The van der Waals surface area contributed by atoms with Crippen LogP contribution in [0.2, 0.25) is 0 Å². The molecule has 1 aliphatic heterocycles. The lowest BCUT2D eigenvalue weighted by Crippen LogP contribution is -2.48. The van der Waals surface area contributed by atoms with Gasteiger partial charge in [0, 0.05) is 24.2 Å². The number of rotatable bonds is 2. The highest BCUT2D eigenvalue weighted by molar-refractivity contribution is 6.08. The van der Waals surface area contributed by atoms with Gasteiger partial charge in [0.25, 0.3) is 5.91 Å². The molecule has 0 saturated carbocycles. The van der Waals surface area contributed by atoms with Gasteiger partial charge in [-0.15, -0.1) is 0 Å². The fraction of sp³-hybridized carbons (Fsp3) is 0.450. The smallest absolute Gasteiger partial charge is 0.311 e.